The Morgan fingerprint density at radius 3 is 2.42 bits per heavy atom. The quantitative estimate of drug-likeness (QED) is 0.619. The van der Waals surface area contributed by atoms with Crippen LogP contribution in [0.5, 0.6) is 0 Å². The second-order valence-corrected chi connectivity index (χ2v) is 6.16. The molecule has 4 nitrogen and oxygen atoms in total. The van der Waals surface area contributed by atoms with E-state index in [1.807, 2.05) is 48.5 Å². The first kappa shape index (κ1) is 17.7. The van der Waals surface area contributed by atoms with Crippen LogP contribution < -0.4 is 10.6 Å². The molecule has 3 aromatic carbocycles. The van der Waals surface area contributed by atoms with Crippen LogP contribution in [0.15, 0.2) is 72.8 Å². The van der Waals surface area contributed by atoms with Gasteiger partial charge in [-0.25, -0.2) is 4.79 Å². The third-order valence-corrected chi connectivity index (χ3v) is 4.15. The van der Waals surface area contributed by atoms with E-state index >= 15 is 0 Å². The number of hydrogen-bond donors (Lipinski definition) is 3. The predicted octanol–water partition coefficient (Wildman–Crippen LogP) is 4.84. The molecule has 4 heteroatoms. The zero-order valence-electron chi connectivity index (χ0n) is 14.7. The summed E-state index contributed by atoms with van der Waals surface area (Å²) in [5.41, 5.74) is 5.69. The number of benzene rings is 3. The highest BCUT2D eigenvalue weighted by atomic mass is 16.3. The van der Waals surface area contributed by atoms with Gasteiger partial charge >= 0.3 is 6.03 Å². The van der Waals surface area contributed by atoms with Crippen LogP contribution in [-0.2, 0) is 6.42 Å². The Bertz CT molecular complexity index is 889. The molecule has 0 saturated carbocycles. The van der Waals surface area contributed by atoms with E-state index in [0.717, 1.165) is 22.4 Å². The van der Waals surface area contributed by atoms with Gasteiger partial charge in [-0.05, 0) is 48.2 Å². The fourth-order valence-electron chi connectivity index (χ4n) is 2.79. The molecule has 2 amide bonds. The number of hydrogen-bond acceptors (Lipinski definition) is 2. The lowest BCUT2D eigenvalue weighted by molar-refractivity contribution is 0.262. The molecule has 3 rings (SSSR count). The molecule has 0 aliphatic heterocycles. The smallest absolute Gasteiger partial charge is 0.323 e. The number of amides is 2. The van der Waals surface area contributed by atoms with E-state index in [9.17, 15) is 4.79 Å². The fourth-order valence-corrected chi connectivity index (χ4v) is 2.79. The molecule has 0 aromatic heterocycles. The van der Waals surface area contributed by atoms with Crippen LogP contribution in [0.1, 0.15) is 11.1 Å². The van der Waals surface area contributed by atoms with Crippen LogP contribution in [0, 0.1) is 6.92 Å². The summed E-state index contributed by atoms with van der Waals surface area (Å²) < 4.78 is 0. The monoisotopic (exact) mass is 346 g/mol. The summed E-state index contributed by atoms with van der Waals surface area (Å²) in [6.45, 7) is 2.10. The normalized spacial score (nSPS) is 10.4. The summed E-state index contributed by atoms with van der Waals surface area (Å²) in [5, 5.41) is 14.9. The highest BCUT2D eigenvalue weighted by Crippen LogP contribution is 2.23. The maximum absolute atomic E-state index is 12.3. The summed E-state index contributed by atoms with van der Waals surface area (Å²) >= 11 is 0. The van der Waals surface area contributed by atoms with Gasteiger partial charge in [-0.2, -0.15) is 0 Å². The summed E-state index contributed by atoms with van der Waals surface area (Å²) in [6.07, 6.45) is 0.499. The zero-order chi connectivity index (χ0) is 18.4. The Hall–Kier alpha value is -3.11. The number of aliphatic hydroxyl groups excluding tert-OH is 1. The van der Waals surface area contributed by atoms with Gasteiger partial charge in [-0.1, -0.05) is 60.2 Å². The number of anilines is 2. The summed E-state index contributed by atoms with van der Waals surface area (Å²) in [5.74, 6) is 0. The van der Waals surface area contributed by atoms with Crippen LogP contribution in [0.3, 0.4) is 0 Å². The Labute approximate surface area is 153 Å². The third-order valence-electron chi connectivity index (χ3n) is 4.15. The van der Waals surface area contributed by atoms with Gasteiger partial charge in [0.15, 0.2) is 0 Å². The van der Waals surface area contributed by atoms with Gasteiger partial charge in [-0.15, -0.1) is 0 Å². The molecule has 0 aliphatic carbocycles. The highest BCUT2D eigenvalue weighted by Gasteiger charge is 2.07. The van der Waals surface area contributed by atoms with Gasteiger partial charge in [-0.3, -0.25) is 0 Å². The van der Waals surface area contributed by atoms with Gasteiger partial charge in [0.1, 0.15) is 0 Å². The van der Waals surface area contributed by atoms with E-state index in [1.54, 1.807) is 0 Å². The molecule has 0 fully saturated rings. The number of urea groups is 1. The van der Waals surface area contributed by atoms with E-state index in [-0.39, 0.29) is 12.6 Å². The van der Waals surface area contributed by atoms with Crippen LogP contribution in [0.25, 0.3) is 11.1 Å². The van der Waals surface area contributed by atoms with E-state index in [1.165, 1.54) is 5.56 Å². The number of aryl methyl sites for hydroxylation is 1. The molecule has 3 N–H and O–H groups in total. The first-order chi connectivity index (χ1) is 12.7. The molecule has 0 bridgehead atoms. The Kier molecular flexibility index (Phi) is 5.66. The minimum Gasteiger partial charge on any atom is -0.396 e. The van der Waals surface area contributed by atoms with Crippen molar-refractivity contribution in [3.63, 3.8) is 0 Å². The van der Waals surface area contributed by atoms with Gasteiger partial charge < -0.3 is 15.7 Å². The molecule has 3 aromatic rings. The maximum Gasteiger partial charge on any atom is 0.323 e. The summed E-state index contributed by atoms with van der Waals surface area (Å²) in [6, 6.07) is 23.2. The molecule has 0 spiro atoms. The maximum atomic E-state index is 12.3. The lowest BCUT2D eigenvalue weighted by Gasteiger charge is -2.12. The van der Waals surface area contributed by atoms with Crippen molar-refractivity contribution in [1.29, 1.82) is 0 Å². The van der Waals surface area contributed by atoms with Crippen molar-refractivity contribution in [3.8, 4) is 11.1 Å². The Morgan fingerprint density at radius 2 is 1.65 bits per heavy atom. The SMILES string of the molecule is Cc1ccc(-c2cccc(NC(=O)Nc3ccccc3CCO)c2)cc1. The van der Waals surface area contributed by atoms with Crippen molar-refractivity contribution in [2.45, 2.75) is 13.3 Å². The lowest BCUT2D eigenvalue weighted by atomic mass is 10.0. The summed E-state index contributed by atoms with van der Waals surface area (Å²) in [7, 11) is 0. The number of para-hydroxylation sites is 1. The molecule has 0 radical (unpaired) electrons. The number of nitrogens with one attached hydrogen (secondary N) is 2. The lowest BCUT2D eigenvalue weighted by Crippen LogP contribution is -2.20. The molecule has 26 heavy (non-hydrogen) atoms. The minimum atomic E-state index is -0.309. The number of carbonyl (C=O) groups is 1. The van der Waals surface area contributed by atoms with Crippen LogP contribution in [-0.4, -0.2) is 17.7 Å². The van der Waals surface area contributed by atoms with Crippen molar-refractivity contribution in [2.75, 3.05) is 17.2 Å². The minimum absolute atomic E-state index is 0.0406. The number of rotatable bonds is 5. The average molecular weight is 346 g/mol. The molecular weight excluding hydrogens is 324 g/mol. The van der Waals surface area contributed by atoms with Crippen molar-refractivity contribution in [3.05, 3.63) is 83.9 Å². The van der Waals surface area contributed by atoms with Gasteiger partial charge in [0.05, 0.1) is 0 Å². The van der Waals surface area contributed by atoms with Crippen LogP contribution in [0.2, 0.25) is 0 Å². The van der Waals surface area contributed by atoms with Crippen LogP contribution >= 0.6 is 0 Å². The zero-order valence-corrected chi connectivity index (χ0v) is 14.7. The molecule has 0 atom stereocenters. The second-order valence-electron chi connectivity index (χ2n) is 6.16. The topological polar surface area (TPSA) is 61.4 Å². The van der Waals surface area contributed by atoms with E-state index in [0.29, 0.717) is 12.1 Å². The van der Waals surface area contributed by atoms with Crippen molar-refractivity contribution in [1.82, 2.24) is 0 Å². The Morgan fingerprint density at radius 1 is 0.885 bits per heavy atom. The third kappa shape index (κ3) is 4.49. The largest absolute Gasteiger partial charge is 0.396 e. The first-order valence-electron chi connectivity index (χ1n) is 8.59. The first-order valence-corrected chi connectivity index (χ1v) is 8.59. The van der Waals surface area contributed by atoms with Crippen molar-refractivity contribution < 1.29 is 9.90 Å². The summed E-state index contributed by atoms with van der Waals surface area (Å²) in [4.78, 5) is 12.3. The Balaban J connectivity index is 1.72. The van der Waals surface area contributed by atoms with Crippen LogP contribution in [0.4, 0.5) is 16.2 Å². The van der Waals surface area contributed by atoms with Gasteiger partial charge in [0.2, 0.25) is 0 Å². The fraction of sp³-hybridized carbons (Fsp3) is 0.136. The molecule has 0 heterocycles. The van der Waals surface area contributed by atoms with E-state index in [2.05, 4.69) is 41.8 Å². The molecule has 132 valence electrons. The van der Waals surface area contributed by atoms with E-state index < -0.39 is 0 Å². The molecular formula is C22H22N2O2. The highest BCUT2D eigenvalue weighted by molar-refractivity contribution is 6.00. The van der Waals surface area contributed by atoms with Crippen molar-refractivity contribution >= 4 is 17.4 Å². The molecule has 0 saturated heterocycles. The molecule has 0 aliphatic rings. The predicted molar refractivity (Wildman–Crippen MR) is 106 cm³/mol. The van der Waals surface area contributed by atoms with Crippen molar-refractivity contribution in [2.24, 2.45) is 0 Å². The average Bonchev–Trinajstić information content (AvgIpc) is 2.64. The standard InChI is InChI=1S/C22H22N2O2/c1-16-9-11-17(12-10-16)19-6-4-7-20(15-19)23-22(26)24-21-8-3-2-5-18(21)13-14-25/h2-12,15,25H,13-14H2,1H3,(H2,23,24,26). The number of aliphatic hydroxyl groups is 1. The van der Waals surface area contributed by atoms with E-state index in [4.69, 9.17) is 5.11 Å². The van der Waals surface area contributed by atoms with Gasteiger partial charge in [0.25, 0.3) is 0 Å². The molecule has 0 unspecified atom stereocenters. The second kappa shape index (κ2) is 8.32. The number of carbonyl (C=O) groups excluding carboxylic acids is 1. The van der Waals surface area contributed by atoms with Gasteiger partial charge in [0, 0.05) is 18.0 Å².